The van der Waals surface area contributed by atoms with Gasteiger partial charge in [-0.15, -0.1) is 0 Å². The Morgan fingerprint density at radius 1 is 1.09 bits per heavy atom. The molecule has 2 rings (SSSR count). The van der Waals surface area contributed by atoms with E-state index < -0.39 is 15.5 Å². The summed E-state index contributed by atoms with van der Waals surface area (Å²) in [5.41, 5.74) is 3.74. The van der Waals surface area contributed by atoms with Crippen LogP contribution in [0.25, 0.3) is 0 Å². The van der Waals surface area contributed by atoms with Gasteiger partial charge in [-0.05, 0) is 24.1 Å². The lowest BCUT2D eigenvalue weighted by atomic mass is 10.1. The summed E-state index contributed by atoms with van der Waals surface area (Å²) < 4.78 is 0. The first-order valence-electron chi connectivity index (χ1n) is 6.26. The van der Waals surface area contributed by atoms with Crippen molar-refractivity contribution in [2.45, 2.75) is 6.92 Å². The second kappa shape index (κ2) is 6.44. The molecule has 1 N–H and O–H groups in total. The maximum absolute atomic E-state index is 11.0. The molecule has 0 fully saturated rings. The number of nitro groups is 2. The van der Waals surface area contributed by atoms with E-state index in [1.54, 1.807) is 0 Å². The molecule has 0 saturated heterocycles. The van der Waals surface area contributed by atoms with E-state index in [-0.39, 0.29) is 11.4 Å². The molecule has 2 aromatic rings. The number of hydrazone groups is 1. The van der Waals surface area contributed by atoms with Crippen molar-refractivity contribution in [3.05, 3.63) is 73.8 Å². The van der Waals surface area contributed by atoms with Crippen molar-refractivity contribution in [2.24, 2.45) is 5.10 Å². The summed E-state index contributed by atoms with van der Waals surface area (Å²) in [6.07, 6.45) is 1.53. The highest BCUT2D eigenvalue weighted by molar-refractivity contribution is 5.82. The van der Waals surface area contributed by atoms with E-state index >= 15 is 0 Å². The molecule has 0 spiro atoms. The van der Waals surface area contributed by atoms with Gasteiger partial charge >= 0.3 is 5.69 Å². The van der Waals surface area contributed by atoms with Gasteiger partial charge in [0.05, 0.1) is 22.1 Å². The average molecular weight is 300 g/mol. The Morgan fingerprint density at radius 3 is 2.45 bits per heavy atom. The average Bonchev–Trinajstić information content (AvgIpc) is 2.49. The molecule has 0 aliphatic rings. The Kier molecular flexibility index (Phi) is 4.42. The molecule has 0 aliphatic carbocycles. The van der Waals surface area contributed by atoms with Gasteiger partial charge in [0, 0.05) is 6.07 Å². The number of hydrogen-bond acceptors (Lipinski definition) is 6. The van der Waals surface area contributed by atoms with Crippen LogP contribution < -0.4 is 5.43 Å². The van der Waals surface area contributed by atoms with E-state index in [2.05, 4.69) is 10.5 Å². The third kappa shape index (κ3) is 3.42. The molecule has 0 heterocycles. The van der Waals surface area contributed by atoms with Crippen molar-refractivity contribution in [1.29, 1.82) is 0 Å². The van der Waals surface area contributed by atoms with E-state index in [0.29, 0.717) is 0 Å². The first-order valence-corrected chi connectivity index (χ1v) is 6.26. The molecule has 8 heteroatoms. The summed E-state index contributed by atoms with van der Waals surface area (Å²) in [5, 5.41) is 25.6. The molecule has 2 aromatic carbocycles. The number of benzene rings is 2. The van der Waals surface area contributed by atoms with Crippen LogP contribution in [0, 0.1) is 27.2 Å². The summed E-state index contributed by atoms with van der Waals surface area (Å²) in [4.78, 5) is 20.2. The van der Waals surface area contributed by atoms with Gasteiger partial charge in [-0.3, -0.25) is 25.7 Å². The summed E-state index contributed by atoms with van der Waals surface area (Å²) >= 11 is 0. The number of non-ortho nitro benzene ring substituents is 1. The number of rotatable bonds is 5. The molecule has 0 unspecified atom stereocenters. The molecule has 0 radical (unpaired) electrons. The number of anilines is 1. The van der Waals surface area contributed by atoms with Crippen molar-refractivity contribution < 1.29 is 9.85 Å². The van der Waals surface area contributed by atoms with Crippen LogP contribution in [0.15, 0.2) is 47.6 Å². The van der Waals surface area contributed by atoms with Gasteiger partial charge in [-0.1, -0.05) is 24.3 Å². The Balaban J connectivity index is 2.24. The van der Waals surface area contributed by atoms with Crippen LogP contribution in [0.4, 0.5) is 17.1 Å². The lowest BCUT2D eigenvalue weighted by Crippen LogP contribution is -1.99. The van der Waals surface area contributed by atoms with Gasteiger partial charge in [0.1, 0.15) is 5.69 Å². The van der Waals surface area contributed by atoms with Gasteiger partial charge in [0.2, 0.25) is 0 Å². The molecule has 22 heavy (non-hydrogen) atoms. The smallest absolute Gasteiger partial charge is 0.272 e. The third-order valence-electron chi connectivity index (χ3n) is 2.97. The van der Waals surface area contributed by atoms with Crippen molar-refractivity contribution in [3.8, 4) is 0 Å². The zero-order valence-corrected chi connectivity index (χ0v) is 11.6. The standard InChI is InChI=1S/C14H12N4O4/c1-10-4-2-3-5-11(10)9-15-16-13-7-6-12(17(19)20)8-14(13)18(21)22/h2-9,16H,1H3/b15-9-. The van der Waals surface area contributed by atoms with Crippen LogP contribution >= 0.6 is 0 Å². The highest BCUT2D eigenvalue weighted by Crippen LogP contribution is 2.28. The second-order valence-electron chi connectivity index (χ2n) is 4.44. The maximum atomic E-state index is 11.0. The molecule has 8 nitrogen and oxygen atoms in total. The lowest BCUT2D eigenvalue weighted by Gasteiger charge is -2.02. The normalized spacial score (nSPS) is 10.6. The van der Waals surface area contributed by atoms with Crippen molar-refractivity contribution in [3.63, 3.8) is 0 Å². The number of nitrogens with one attached hydrogen (secondary N) is 1. The van der Waals surface area contributed by atoms with E-state index in [9.17, 15) is 20.2 Å². The largest absolute Gasteiger partial charge is 0.301 e. The zero-order valence-electron chi connectivity index (χ0n) is 11.6. The molecule has 0 atom stereocenters. The van der Waals surface area contributed by atoms with E-state index in [0.717, 1.165) is 17.2 Å². The fourth-order valence-corrected chi connectivity index (χ4v) is 1.78. The van der Waals surface area contributed by atoms with Crippen LogP contribution in [0.2, 0.25) is 0 Å². The SMILES string of the molecule is Cc1ccccc1/C=N\Nc1ccc([N+](=O)[O-])cc1[N+](=O)[O-]. The van der Waals surface area contributed by atoms with E-state index in [1.165, 1.54) is 18.3 Å². The van der Waals surface area contributed by atoms with Crippen LogP contribution in [0.3, 0.4) is 0 Å². The van der Waals surface area contributed by atoms with Crippen molar-refractivity contribution >= 4 is 23.3 Å². The van der Waals surface area contributed by atoms with Crippen LogP contribution in [0.1, 0.15) is 11.1 Å². The number of aryl methyl sites for hydroxylation is 1. The Morgan fingerprint density at radius 2 is 1.82 bits per heavy atom. The topological polar surface area (TPSA) is 111 Å². The van der Waals surface area contributed by atoms with Crippen molar-refractivity contribution in [2.75, 3.05) is 5.43 Å². The van der Waals surface area contributed by atoms with E-state index in [1.807, 2.05) is 31.2 Å². The molecular formula is C14H12N4O4. The summed E-state index contributed by atoms with van der Waals surface area (Å²) in [6, 6.07) is 10.8. The minimum Gasteiger partial charge on any atom is -0.272 e. The molecule has 0 aromatic heterocycles. The van der Waals surface area contributed by atoms with Gasteiger partial charge in [-0.2, -0.15) is 5.10 Å². The van der Waals surface area contributed by atoms with Gasteiger partial charge in [-0.25, -0.2) is 0 Å². The lowest BCUT2D eigenvalue weighted by molar-refractivity contribution is -0.393. The van der Waals surface area contributed by atoms with Gasteiger partial charge < -0.3 is 0 Å². The first-order chi connectivity index (χ1) is 10.5. The van der Waals surface area contributed by atoms with Crippen molar-refractivity contribution in [1.82, 2.24) is 0 Å². The fourth-order valence-electron chi connectivity index (χ4n) is 1.78. The predicted molar refractivity (Wildman–Crippen MR) is 82.1 cm³/mol. The fraction of sp³-hybridized carbons (Fsp3) is 0.0714. The van der Waals surface area contributed by atoms with Crippen LogP contribution in [-0.4, -0.2) is 16.1 Å². The Labute approximate surface area is 125 Å². The first kappa shape index (κ1) is 15.1. The molecule has 0 amide bonds. The summed E-state index contributed by atoms with van der Waals surface area (Å²) in [5.74, 6) is 0. The Hall–Kier alpha value is -3.29. The minimum atomic E-state index is -0.696. The van der Waals surface area contributed by atoms with Crippen LogP contribution in [0.5, 0.6) is 0 Å². The number of nitrogens with zero attached hydrogens (tertiary/aromatic N) is 3. The quantitative estimate of drug-likeness (QED) is 0.517. The highest BCUT2D eigenvalue weighted by Gasteiger charge is 2.18. The molecule has 0 saturated carbocycles. The highest BCUT2D eigenvalue weighted by atomic mass is 16.6. The predicted octanol–water partition coefficient (Wildman–Crippen LogP) is 3.26. The third-order valence-corrected chi connectivity index (χ3v) is 2.97. The second-order valence-corrected chi connectivity index (χ2v) is 4.44. The van der Waals surface area contributed by atoms with Gasteiger partial charge in [0.15, 0.2) is 0 Å². The molecular weight excluding hydrogens is 288 g/mol. The molecule has 112 valence electrons. The zero-order chi connectivity index (χ0) is 16.1. The van der Waals surface area contributed by atoms with Crippen LogP contribution in [-0.2, 0) is 0 Å². The minimum absolute atomic E-state index is 0.0837. The monoisotopic (exact) mass is 300 g/mol. The molecule has 0 aliphatic heterocycles. The molecule has 0 bridgehead atoms. The number of hydrogen-bond donors (Lipinski definition) is 1. The summed E-state index contributed by atoms with van der Waals surface area (Å²) in [7, 11) is 0. The number of nitro benzene ring substituents is 2. The van der Waals surface area contributed by atoms with E-state index in [4.69, 9.17) is 0 Å². The maximum Gasteiger partial charge on any atom is 0.301 e. The Bertz CT molecular complexity index is 758. The van der Waals surface area contributed by atoms with Gasteiger partial charge in [0.25, 0.3) is 5.69 Å². The summed E-state index contributed by atoms with van der Waals surface area (Å²) in [6.45, 7) is 1.91.